The van der Waals surface area contributed by atoms with Crippen molar-refractivity contribution in [2.24, 2.45) is 0 Å². The number of carbonyl (C=O) groups excluding carboxylic acids is 3. The maximum atomic E-state index is 12.4. The second-order valence-electron chi connectivity index (χ2n) is 5.39. The second-order valence-corrected chi connectivity index (χ2v) is 5.39. The molecule has 8 nitrogen and oxygen atoms in total. The van der Waals surface area contributed by atoms with Crippen LogP contribution in [0.15, 0.2) is 24.3 Å². The number of imide groups is 1. The van der Waals surface area contributed by atoms with Gasteiger partial charge in [0.15, 0.2) is 0 Å². The van der Waals surface area contributed by atoms with Gasteiger partial charge in [0, 0.05) is 13.0 Å². The highest BCUT2D eigenvalue weighted by Crippen LogP contribution is 2.30. The SMILES string of the molecule is COC(=O)N1C[C@@H](N2C(=O)c3ccccc3C2=O)CC1C(=O)O. The normalized spacial score (nSPS) is 23.2. The average Bonchev–Trinajstić information content (AvgIpc) is 3.08. The summed E-state index contributed by atoms with van der Waals surface area (Å²) >= 11 is 0. The zero-order valence-electron chi connectivity index (χ0n) is 12.3. The van der Waals surface area contributed by atoms with Crippen LogP contribution in [0.4, 0.5) is 4.79 Å². The van der Waals surface area contributed by atoms with Crippen LogP contribution in [0.1, 0.15) is 27.1 Å². The van der Waals surface area contributed by atoms with Crippen LogP contribution in [-0.4, -0.2) is 64.5 Å². The van der Waals surface area contributed by atoms with E-state index in [2.05, 4.69) is 4.74 Å². The molecule has 1 aromatic rings. The molecule has 1 aromatic carbocycles. The van der Waals surface area contributed by atoms with Gasteiger partial charge in [-0.05, 0) is 12.1 Å². The van der Waals surface area contributed by atoms with Crippen molar-refractivity contribution < 1.29 is 29.0 Å². The number of fused-ring (bicyclic) bond motifs is 1. The van der Waals surface area contributed by atoms with Gasteiger partial charge in [0.05, 0.1) is 24.3 Å². The lowest BCUT2D eigenvalue weighted by Crippen LogP contribution is -2.43. The topological polar surface area (TPSA) is 104 Å². The smallest absolute Gasteiger partial charge is 0.410 e. The molecule has 1 N–H and O–H groups in total. The lowest BCUT2D eigenvalue weighted by Gasteiger charge is -2.22. The van der Waals surface area contributed by atoms with Crippen molar-refractivity contribution in [3.63, 3.8) is 0 Å². The molecule has 23 heavy (non-hydrogen) atoms. The third-order valence-corrected chi connectivity index (χ3v) is 4.16. The first-order chi connectivity index (χ1) is 11.0. The van der Waals surface area contributed by atoms with Crippen molar-refractivity contribution >= 4 is 23.9 Å². The summed E-state index contributed by atoms with van der Waals surface area (Å²) in [5, 5.41) is 9.26. The lowest BCUT2D eigenvalue weighted by atomic mass is 10.1. The summed E-state index contributed by atoms with van der Waals surface area (Å²) in [7, 11) is 1.15. The minimum atomic E-state index is -1.20. The van der Waals surface area contributed by atoms with E-state index in [9.17, 15) is 24.3 Å². The minimum Gasteiger partial charge on any atom is -0.480 e. The Labute approximate surface area is 131 Å². The van der Waals surface area contributed by atoms with Crippen LogP contribution in [0.25, 0.3) is 0 Å². The third-order valence-electron chi connectivity index (χ3n) is 4.16. The van der Waals surface area contributed by atoms with Gasteiger partial charge in [-0.15, -0.1) is 0 Å². The highest BCUT2D eigenvalue weighted by molar-refractivity contribution is 6.21. The van der Waals surface area contributed by atoms with E-state index in [0.717, 1.165) is 16.9 Å². The molecule has 0 saturated carbocycles. The van der Waals surface area contributed by atoms with Crippen molar-refractivity contribution in [2.75, 3.05) is 13.7 Å². The summed E-state index contributed by atoms with van der Waals surface area (Å²) in [6.45, 7) is -0.0604. The first kappa shape index (κ1) is 15.0. The van der Waals surface area contributed by atoms with Crippen molar-refractivity contribution in [3.05, 3.63) is 35.4 Å². The molecule has 0 radical (unpaired) electrons. The molecule has 0 aliphatic carbocycles. The molecule has 2 heterocycles. The predicted molar refractivity (Wildman–Crippen MR) is 75.9 cm³/mol. The number of carboxylic acids is 1. The first-order valence-electron chi connectivity index (χ1n) is 7.00. The molecule has 1 fully saturated rings. The van der Waals surface area contributed by atoms with Crippen LogP contribution >= 0.6 is 0 Å². The van der Waals surface area contributed by atoms with Crippen LogP contribution < -0.4 is 0 Å². The average molecular weight is 318 g/mol. The van der Waals surface area contributed by atoms with E-state index in [1.54, 1.807) is 24.3 Å². The number of nitrogens with zero attached hydrogens (tertiary/aromatic N) is 2. The third kappa shape index (κ3) is 2.23. The standard InChI is InChI=1S/C15H14N2O6/c1-23-15(22)16-7-8(6-11(16)14(20)21)17-12(18)9-4-2-3-5-10(9)13(17)19/h2-5,8,11H,6-7H2,1H3,(H,20,21)/t8-,11?/m0/s1. The number of carbonyl (C=O) groups is 4. The van der Waals surface area contributed by atoms with Gasteiger partial charge >= 0.3 is 12.1 Å². The number of carboxylic acid groups (broad SMARTS) is 1. The Morgan fingerprint density at radius 2 is 1.74 bits per heavy atom. The molecular weight excluding hydrogens is 304 g/mol. The molecule has 2 atom stereocenters. The van der Waals surface area contributed by atoms with Crippen LogP contribution in [0, 0.1) is 0 Å². The predicted octanol–water partition coefficient (Wildman–Crippen LogP) is 0.577. The molecule has 3 rings (SSSR count). The van der Waals surface area contributed by atoms with Crippen molar-refractivity contribution in [1.29, 1.82) is 0 Å². The van der Waals surface area contributed by atoms with Crippen LogP contribution in [0.5, 0.6) is 0 Å². The van der Waals surface area contributed by atoms with Gasteiger partial charge in [0.25, 0.3) is 11.8 Å². The maximum absolute atomic E-state index is 12.4. The van der Waals surface area contributed by atoms with Crippen molar-refractivity contribution in [2.45, 2.75) is 18.5 Å². The molecule has 120 valence electrons. The Balaban J connectivity index is 1.89. The van der Waals surface area contributed by atoms with Gasteiger partial charge in [-0.1, -0.05) is 12.1 Å². The zero-order chi connectivity index (χ0) is 16.7. The summed E-state index contributed by atoms with van der Waals surface area (Å²) in [5.41, 5.74) is 0.585. The van der Waals surface area contributed by atoms with Gasteiger partial charge in [0.2, 0.25) is 0 Å². The van der Waals surface area contributed by atoms with E-state index in [4.69, 9.17) is 0 Å². The summed E-state index contributed by atoms with van der Waals surface area (Å²) in [6.07, 6.45) is -0.813. The summed E-state index contributed by atoms with van der Waals surface area (Å²) in [6, 6.07) is 4.60. The number of methoxy groups -OCH3 is 1. The highest BCUT2D eigenvalue weighted by Gasteiger charge is 2.48. The maximum Gasteiger partial charge on any atom is 0.410 e. The molecule has 2 aliphatic rings. The first-order valence-corrected chi connectivity index (χ1v) is 7.00. The molecule has 8 heteroatoms. The molecule has 0 spiro atoms. The van der Waals surface area contributed by atoms with E-state index in [1.807, 2.05) is 0 Å². The van der Waals surface area contributed by atoms with Crippen LogP contribution in [0.2, 0.25) is 0 Å². The number of likely N-dealkylation sites (tertiary alicyclic amines) is 1. The number of hydrogen-bond donors (Lipinski definition) is 1. The quantitative estimate of drug-likeness (QED) is 0.800. The number of amides is 3. The molecule has 0 aromatic heterocycles. The van der Waals surface area contributed by atoms with Gasteiger partial charge in [0.1, 0.15) is 6.04 Å². The summed E-state index contributed by atoms with van der Waals surface area (Å²) < 4.78 is 4.58. The summed E-state index contributed by atoms with van der Waals surface area (Å²) in [5.74, 6) is -2.13. The number of ether oxygens (including phenoxy) is 1. The Bertz CT molecular complexity index is 681. The van der Waals surface area contributed by atoms with Crippen LogP contribution in [0.3, 0.4) is 0 Å². The van der Waals surface area contributed by atoms with E-state index in [0.29, 0.717) is 11.1 Å². The van der Waals surface area contributed by atoms with Crippen LogP contribution in [-0.2, 0) is 9.53 Å². The monoisotopic (exact) mass is 318 g/mol. The van der Waals surface area contributed by atoms with Gasteiger partial charge < -0.3 is 9.84 Å². The molecule has 2 aliphatic heterocycles. The van der Waals surface area contributed by atoms with Crippen molar-refractivity contribution in [3.8, 4) is 0 Å². The fourth-order valence-corrected chi connectivity index (χ4v) is 3.09. The zero-order valence-corrected chi connectivity index (χ0v) is 12.3. The van der Waals surface area contributed by atoms with E-state index in [-0.39, 0.29) is 13.0 Å². The second kappa shape index (κ2) is 5.38. The molecular formula is C15H14N2O6. The van der Waals surface area contributed by atoms with Crippen molar-refractivity contribution in [1.82, 2.24) is 9.80 Å². The Morgan fingerprint density at radius 1 is 1.17 bits per heavy atom. The molecule has 1 saturated heterocycles. The number of hydrogen-bond acceptors (Lipinski definition) is 5. The van der Waals surface area contributed by atoms with E-state index >= 15 is 0 Å². The number of aliphatic carboxylic acids is 1. The van der Waals surface area contributed by atoms with Gasteiger partial charge in [-0.2, -0.15) is 0 Å². The number of rotatable bonds is 2. The van der Waals surface area contributed by atoms with Gasteiger partial charge in [-0.25, -0.2) is 9.59 Å². The molecule has 3 amide bonds. The Hall–Kier alpha value is -2.90. The number of benzene rings is 1. The van der Waals surface area contributed by atoms with E-state index in [1.165, 1.54) is 0 Å². The summed E-state index contributed by atoms with van der Waals surface area (Å²) in [4.78, 5) is 50.0. The fourth-order valence-electron chi connectivity index (χ4n) is 3.09. The molecule has 0 bridgehead atoms. The highest BCUT2D eigenvalue weighted by atomic mass is 16.5. The Kier molecular flexibility index (Phi) is 3.51. The minimum absolute atomic E-state index is 0.0180. The molecule has 1 unspecified atom stereocenters. The Morgan fingerprint density at radius 3 is 2.22 bits per heavy atom. The largest absolute Gasteiger partial charge is 0.480 e. The van der Waals surface area contributed by atoms with Gasteiger partial charge in [-0.3, -0.25) is 19.4 Å². The fraction of sp³-hybridized carbons (Fsp3) is 0.333. The van der Waals surface area contributed by atoms with E-state index < -0.39 is 36.0 Å². The lowest BCUT2D eigenvalue weighted by molar-refractivity contribution is -0.141.